The molecule has 0 radical (unpaired) electrons. The highest BCUT2D eigenvalue weighted by Gasteiger charge is 2.28. The Labute approximate surface area is 140 Å². The summed E-state index contributed by atoms with van der Waals surface area (Å²) in [5, 5.41) is 25.0. The molecule has 0 aliphatic heterocycles. The molecule has 0 saturated heterocycles. The summed E-state index contributed by atoms with van der Waals surface area (Å²) in [7, 11) is 0. The molecule has 10 heteroatoms. The van der Waals surface area contributed by atoms with Gasteiger partial charge in [-0.15, -0.1) is 0 Å². The zero-order chi connectivity index (χ0) is 19.0. The lowest BCUT2D eigenvalue weighted by atomic mass is 10.1. The van der Waals surface area contributed by atoms with Gasteiger partial charge in [0.15, 0.2) is 0 Å². The molecule has 0 spiro atoms. The first-order valence-corrected chi connectivity index (χ1v) is 7.51. The van der Waals surface area contributed by atoms with E-state index in [9.17, 15) is 24.3 Å². The van der Waals surface area contributed by atoms with Crippen LogP contribution >= 0.6 is 0 Å². The second-order valence-electron chi connectivity index (χ2n) is 5.84. The number of hydrogen-bond acceptors (Lipinski definition) is 6. The summed E-state index contributed by atoms with van der Waals surface area (Å²) in [6.45, 7) is 5.59. The van der Waals surface area contributed by atoms with E-state index in [2.05, 4.69) is 16.0 Å². The highest BCUT2D eigenvalue weighted by atomic mass is 16.4. The van der Waals surface area contributed by atoms with Crippen molar-refractivity contribution in [3.63, 3.8) is 0 Å². The number of aliphatic hydroxyl groups is 1. The van der Waals surface area contributed by atoms with Gasteiger partial charge in [-0.25, -0.2) is 0 Å². The standard InChI is InChI=1S/C14H26N4O6/c1-6(2)10(15)12(21)16-5-9(20)18-11(8(4)19)13(22)17-7(3)14(23)24/h6-8,10-11,19H,5,15H2,1-4H3,(H,16,21)(H,17,22)(H,18,20)(H,23,24). The Morgan fingerprint density at radius 3 is 1.96 bits per heavy atom. The van der Waals surface area contributed by atoms with Gasteiger partial charge < -0.3 is 31.9 Å². The minimum absolute atomic E-state index is 0.110. The first-order chi connectivity index (χ1) is 11.0. The molecule has 0 rings (SSSR count). The van der Waals surface area contributed by atoms with Gasteiger partial charge >= 0.3 is 5.97 Å². The number of aliphatic hydroxyl groups excluding tert-OH is 1. The zero-order valence-electron chi connectivity index (χ0n) is 14.2. The summed E-state index contributed by atoms with van der Waals surface area (Å²) in [5.41, 5.74) is 5.62. The quantitative estimate of drug-likeness (QED) is 0.269. The van der Waals surface area contributed by atoms with Gasteiger partial charge in [-0.3, -0.25) is 19.2 Å². The molecular weight excluding hydrogens is 320 g/mol. The molecule has 0 aliphatic rings. The number of aliphatic carboxylic acids is 1. The Morgan fingerprint density at radius 2 is 1.54 bits per heavy atom. The number of carbonyl (C=O) groups is 4. The third-order valence-corrected chi connectivity index (χ3v) is 3.25. The van der Waals surface area contributed by atoms with Gasteiger partial charge in [-0.05, 0) is 19.8 Å². The Kier molecular flexibility index (Phi) is 8.93. The van der Waals surface area contributed by atoms with Crippen molar-refractivity contribution in [1.29, 1.82) is 0 Å². The van der Waals surface area contributed by atoms with E-state index < -0.39 is 54.5 Å². The van der Waals surface area contributed by atoms with E-state index in [-0.39, 0.29) is 5.92 Å². The van der Waals surface area contributed by atoms with Crippen molar-refractivity contribution in [2.24, 2.45) is 11.7 Å². The zero-order valence-corrected chi connectivity index (χ0v) is 14.2. The number of carbonyl (C=O) groups excluding carboxylic acids is 3. The van der Waals surface area contributed by atoms with Crippen molar-refractivity contribution >= 4 is 23.7 Å². The van der Waals surface area contributed by atoms with Crippen LogP contribution in [0.5, 0.6) is 0 Å². The largest absolute Gasteiger partial charge is 0.480 e. The van der Waals surface area contributed by atoms with Gasteiger partial charge in [-0.2, -0.15) is 0 Å². The van der Waals surface area contributed by atoms with Crippen LogP contribution in [0.3, 0.4) is 0 Å². The number of hydrogen-bond donors (Lipinski definition) is 6. The second-order valence-corrected chi connectivity index (χ2v) is 5.84. The smallest absolute Gasteiger partial charge is 0.325 e. The Morgan fingerprint density at radius 1 is 1.00 bits per heavy atom. The lowest BCUT2D eigenvalue weighted by Crippen LogP contribution is -2.57. The summed E-state index contributed by atoms with van der Waals surface area (Å²) in [5.74, 6) is -3.45. The molecule has 24 heavy (non-hydrogen) atoms. The van der Waals surface area contributed by atoms with E-state index in [0.29, 0.717) is 0 Å². The molecule has 0 saturated carbocycles. The van der Waals surface area contributed by atoms with E-state index in [1.54, 1.807) is 13.8 Å². The Hall–Kier alpha value is -2.20. The first kappa shape index (κ1) is 21.8. The summed E-state index contributed by atoms with van der Waals surface area (Å²) in [6, 6.07) is -3.31. The molecular formula is C14H26N4O6. The van der Waals surface area contributed by atoms with Crippen LogP contribution in [0.2, 0.25) is 0 Å². The van der Waals surface area contributed by atoms with Crippen LogP contribution in [0, 0.1) is 5.92 Å². The maximum Gasteiger partial charge on any atom is 0.325 e. The monoisotopic (exact) mass is 346 g/mol. The minimum Gasteiger partial charge on any atom is -0.480 e. The van der Waals surface area contributed by atoms with Crippen LogP contribution in [-0.4, -0.2) is 64.7 Å². The maximum atomic E-state index is 11.9. The van der Waals surface area contributed by atoms with E-state index in [1.165, 1.54) is 13.8 Å². The Bertz CT molecular complexity index is 480. The molecule has 0 aliphatic carbocycles. The molecule has 0 aromatic carbocycles. The van der Waals surface area contributed by atoms with Crippen LogP contribution < -0.4 is 21.7 Å². The summed E-state index contributed by atoms with van der Waals surface area (Å²) in [6.07, 6.45) is -1.26. The molecule has 0 aromatic heterocycles. The predicted molar refractivity (Wildman–Crippen MR) is 84.7 cm³/mol. The molecule has 0 bridgehead atoms. The van der Waals surface area contributed by atoms with Gasteiger partial charge in [0.25, 0.3) is 0 Å². The number of amides is 3. The van der Waals surface area contributed by atoms with Crippen molar-refractivity contribution in [3.8, 4) is 0 Å². The van der Waals surface area contributed by atoms with Crippen LogP contribution in [0.1, 0.15) is 27.7 Å². The molecule has 138 valence electrons. The molecule has 4 unspecified atom stereocenters. The maximum absolute atomic E-state index is 11.9. The molecule has 3 amide bonds. The lowest BCUT2D eigenvalue weighted by Gasteiger charge is -2.22. The molecule has 10 nitrogen and oxygen atoms in total. The van der Waals surface area contributed by atoms with Gasteiger partial charge in [0.1, 0.15) is 12.1 Å². The van der Waals surface area contributed by atoms with Crippen LogP contribution in [0.15, 0.2) is 0 Å². The molecule has 0 fully saturated rings. The summed E-state index contributed by atoms with van der Waals surface area (Å²) < 4.78 is 0. The van der Waals surface area contributed by atoms with E-state index in [4.69, 9.17) is 10.8 Å². The second kappa shape index (κ2) is 9.83. The highest BCUT2D eigenvalue weighted by molar-refractivity contribution is 5.92. The molecule has 7 N–H and O–H groups in total. The van der Waals surface area contributed by atoms with Crippen LogP contribution in [0.4, 0.5) is 0 Å². The van der Waals surface area contributed by atoms with Gasteiger partial charge in [-0.1, -0.05) is 13.8 Å². The van der Waals surface area contributed by atoms with Gasteiger partial charge in [0, 0.05) is 0 Å². The summed E-state index contributed by atoms with van der Waals surface area (Å²) >= 11 is 0. The number of nitrogens with one attached hydrogen (secondary N) is 3. The van der Waals surface area contributed by atoms with Crippen molar-refractivity contribution in [2.75, 3.05) is 6.54 Å². The van der Waals surface area contributed by atoms with Gasteiger partial charge in [0.2, 0.25) is 17.7 Å². The normalized spacial score (nSPS) is 15.8. The topological polar surface area (TPSA) is 171 Å². The highest BCUT2D eigenvalue weighted by Crippen LogP contribution is 1.98. The average molecular weight is 346 g/mol. The summed E-state index contributed by atoms with van der Waals surface area (Å²) in [4.78, 5) is 46.1. The third kappa shape index (κ3) is 7.38. The van der Waals surface area contributed by atoms with Crippen LogP contribution in [0.25, 0.3) is 0 Å². The SMILES string of the molecule is CC(NC(=O)C(NC(=O)CNC(=O)C(N)C(C)C)C(C)O)C(=O)O. The number of carboxylic acids is 1. The average Bonchev–Trinajstić information content (AvgIpc) is 2.48. The number of rotatable bonds is 9. The van der Waals surface area contributed by atoms with Crippen molar-refractivity contribution in [2.45, 2.75) is 51.9 Å². The molecule has 4 atom stereocenters. The van der Waals surface area contributed by atoms with E-state index in [1.807, 2.05) is 0 Å². The fourth-order valence-corrected chi connectivity index (χ4v) is 1.58. The first-order valence-electron chi connectivity index (χ1n) is 7.51. The molecule has 0 aromatic rings. The lowest BCUT2D eigenvalue weighted by molar-refractivity contribution is -0.142. The van der Waals surface area contributed by atoms with Crippen molar-refractivity contribution < 1.29 is 29.4 Å². The van der Waals surface area contributed by atoms with Crippen molar-refractivity contribution in [3.05, 3.63) is 0 Å². The minimum atomic E-state index is -1.35. The van der Waals surface area contributed by atoms with Gasteiger partial charge in [0.05, 0.1) is 18.7 Å². The van der Waals surface area contributed by atoms with Crippen LogP contribution in [-0.2, 0) is 19.2 Å². The van der Waals surface area contributed by atoms with E-state index in [0.717, 1.165) is 0 Å². The number of carboxylic acid groups (broad SMARTS) is 1. The fraction of sp³-hybridized carbons (Fsp3) is 0.714. The predicted octanol–water partition coefficient (Wildman–Crippen LogP) is -2.46. The van der Waals surface area contributed by atoms with Crippen molar-refractivity contribution in [1.82, 2.24) is 16.0 Å². The molecule has 0 heterocycles. The fourth-order valence-electron chi connectivity index (χ4n) is 1.58. The van der Waals surface area contributed by atoms with E-state index >= 15 is 0 Å². The third-order valence-electron chi connectivity index (χ3n) is 3.25. The number of nitrogens with two attached hydrogens (primary N) is 1. The Balaban J connectivity index is 4.62.